The third-order valence-electron chi connectivity index (χ3n) is 3.40. The van der Waals surface area contributed by atoms with Crippen LogP contribution in [0, 0.1) is 5.92 Å². The first kappa shape index (κ1) is 15.4. The Kier molecular flexibility index (Phi) is 5.55. The Morgan fingerprint density at radius 1 is 1.50 bits per heavy atom. The Balaban J connectivity index is 2.55. The van der Waals surface area contributed by atoms with E-state index in [0.717, 1.165) is 12.8 Å². The standard InChI is InChI=1S/C11H22N2O4S/c1-4-10-5-8-13(9-10)18(15,16)12(2)7-6-11(14)17-3/h10H,4-9H2,1-3H3. The van der Waals surface area contributed by atoms with Crippen molar-refractivity contribution in [2.75, 3.05) is 33.8 Å². The van der Waals surface area contributed by atoms with Crippen molar-refractivity contribution in [1.82, 2.24) is 8.61 Å². The van der Waals surface area contributed by atoms with Gasteiger partial charge < -0.3 is 4.74 Å². The molecule has 6 nitrogen and oxygen atoms in total. The van der Waals surface area contributed by atoms with Gasteiger partial charge in [0.15, 0.2) is 0 Å². The lowest BCUT2D eigenvalue weighted by Crippen LogP contribution is -2.41. The fourth-order valence-corrected chi connectivity index (χ4v) is 3.45. The van der Waals surface area contributed by atoms with Crippen molar-refractivity contribution in [3.63, 3.8) is 0 Å². The second-order valence-corrected chi connectivity index (χ2v) is 6.61. The van der Waals surface area contributed by atoms with Crippen LogP contribution in [0.3, 0.4) is 0 Å². The molecule has 0 bridgehead atoms. The maximum Gasteiger partial charge on any atom is 0.306 e. The zero-order chi connectivity index (χ0) is 13.8. The Labute approximate surface area is 109 Å². The average Bonchev–Trinajstić information content (AvgIpc) is 2.84. The van der Waals surface area contributed by atoms with Crippen molar-refractivity contribution in [3.05, 3.63) is 0 Å². The molecular weight excluding hydrogens is 256 g/mol. The van der Waals surface area contributed by atoms with Crippen LogP contribution >= 0.6 is 0 Å². The molecule has 0 radical (unpaired) electrons. The summed E-state index contributed by atoms with van der Waals surface area (Å²) in [5.74, 6) is 0.0543. The van der Waals surface area contributed by atoms with Crippen molar-refractivity contribution in [2.24, 2.45) is 5.92 Å². The highest BCUT2D eigenvalue weighted by molar-refractivity contribution is 7.86. The number of carbonyl (C=O) groups excluding carboxylic acids is 1. The third-order valence-corrected chi connectivity index (χ3v) is 5.36. The summed E-state index contributed by atoms with van der Waals surface area (Å²) in [4.78, 5) is 11.0. The molecule has 18 heavy (non-hydrogen) atoms. The lowest BCUT2D eigenvalue weighted by Gasteiger charge is -2.23. The summed E-state index contributed by atoms with van der Waals surface area (Å²) in [7, 11) is -0.634. The van der Waals surface area contributed by atoms with Gasteiger partial charge in [0.25, 0.3) is 10.2 Å². The van der Waals surface area contributed by atoms with E-state index in [0.29, 0.717) is 19.0 Å². The van der Waals surface area contributed by atoms with E-state index >= 15 is 0 Å². The molecule has 1 aliphatic heterocycles. The molecule has 1 aliphatic rings. The average molecular weight is 278 g/mol. The van der Waals surface area contributed by atoms with Gasteiger partial charge in [-0.2, -0.15) is 17.0 Å². The first-order valence-corrected chi connectivity index (χ1v) is 7.59. The molecule has 1 saturated heterocycles. The van der Waals surface area contributed by atoms with Gasteiger partial charge in [-0.25, -0.2) is 0 Å². The summed E-state index contributed by atoms with van der Waals surface area (Å²) < 4.78 is 31.6. The largest absolute Gasteiger partial charge is 0.469 e. The van der Waals surface area contributed by atoms with Gasteiger partial charge in [0, 0.05) is 26.7 Å². The van der Waals surface area contributed by atoms with Gasteiger partial charge >= 0.3 is 5.97 Å². The van der Waals surface area contributed by atoms with Crippen LogP contribution in [0.25, 0.3) is 0 Å². The highest BCUT2D eigenvalue weighted by atomic mass is 32.2. The third kappa shape index (κ3) is 3.66. The predicted octanol–water partition coefficient (Wildman–Crippen LogP) is 0.458. The number of esters is 1. The van der Waals surface area contributed by atoms with Crippen LogP contribution in [0.4, 0.5) is 0 Å². The van der Waals surface area contributed by atoms with Crippen molar-refractivity contribution >= 4 is 16.2 Å². The minimum absolute atomic E-state index is 0.0806. The topological polar surface area (TPSA) is 66.9 Å². The highest BCUT2D eigenvalue weighted by Gasteiger charge is 2.33. The fourth-order valence-electron chi connectivity index (χ4n) is 2.00. The van der Waals surface area contributed by atoms with E-state index in [9.17, 15) is 13.2 Å². The fraction of sp³-hybridized carbons (Fsp3) is 0.909. The molecule has 0 amide bonds. The number of carbonyl (C=O) groups is 1. The molecule has 0 aromatic heterocycles. The SMILES string of the molecule is CCC1CCN(S(=O)(=O)N(C)CCC(=O)OC)C1. The van der Waals surface area contributed by atoms with Gasteiger partial charge in [0.05, 0.1) is 13.5 Å². The molecular formula is C11H22N2O4S. The zero-order valence-corrected chi connectivity index (χ0v) is 12.1. The molecule has 1 rings (SSSR count). The number of hydrogen-bond acceptors (Lipinski definition) is 4. The minimum Gasteiger partial charge on any atom is -0.469 e. The Morgan fingerprint density at radius 2 is 2.17 bits per heavy atom. The second-order valence-electron chi connectivity index (χ2n) is 4.58. The Hall–Kier alpha value is -0.660. The molecule has 1 heterocycles. The summed E-state index contributed by atoms with van der Waals surface area (Å²) in [5, 5.41) is 0. The van der Waals surface area contributed by atoms with Crippen LogP contribution in [-0.4, -0.2) is 56.8 Å². The summed E-state index contributed by atoms with van der Waals surface area (Å²) in [6, 6.07) is 0. The first-order chi connectivity index (χ1) is 8.41. The minimum atomic E-state index is -3.43. The highest BCUT2D eigenvalue weighted by Crippen LogP contribution is 2.23. The quantitative estimate of drug-likeness (QED) is 0.662. The number of hydrogen-bond donors (Lipinski definition) is 0. The molecule has 0 aromatic rings. The molecule has 0 N–H and O–H groups in total. The molecule has 7 heteroatoms. The van der Waals surface area contributed by atoms with Crippen molar-refractivity contribution < 1.29 is 17.9 Å². The second kappa shape index (κ2) is 6.49. The number of rotatable bonds is 6. The smallest absolute Gasteiger partial charge is 0.306 e. The van der Waals surface area contributed by atoms with E-state index in [4.69, 9.17) is 0 Å². The van der Waals surface area contributed by atoms with E-state index < -0.39 is 16.2 Å². The summed E-state index contributed by atoms with van der Waals surface area (Å²) in [6.07, 6.45) is 2.00. The van der Waals surface area contributed by atoms with Gasteiger partial charge in [-0.1, -0.05) is 13.3 Å². The molecule has 1 unspecified atom stereocenters. The maximum absolute atomic E-state index is 12.2. The molecule has 1 atom stereocenters. The van der Waals surface area contributed by atoms with Crippen molar-refractivity contribution in [1.29, 1.82) is 0 Å². The van der Waals surface area contributed by atoms with Crippen LogP contribution in [0.2, 0.25) is 0 Å². The van der Waals surface area contributed by atoms with E-state index in [1.54, 1.807) is 0 Å². The zero-order valence-electron chi connectivity index (χ0n) is 11.3. The molecule has 0 aromatic carbocycles. The van der Waals surface area contributed by atoms with Crippen LogP contribution in [0.15, 0.2) is 0 Å². The maximum atomic E-state index is 12.2. The van der Waals surface area contributed by atoms with E-state index in [1.165, 1.54) is 22.8 Å². The summed E-state index contributed by atoms with van der Waals surface area (Å²) in [5.41, 5.74) is 0. The number of ether oxygens (including phenoxy) is 1. The van der Waals surface area contributed by atoms with E-state index in [1.807, 2.05) is 0 Å². The van der Waals surface area contributed by atoms with Crippen molar-refractivity contribution in [3.8, 4) is 0 Å². The monoisotopic (exact) mass is 278 g/mol. The molecule has 1 fully saturated rings. The summed E-state index contributed by atoms with van der Waals surface area (Å²) >= 11 is 0. The molecule has 0 saturated carbocycles. The van der Waals surface area contributed by atoms with Crippen LogP contribution in [0.1, 0.15) is 26.2 Å². The van der Waals surface area contributed by atoms with Crippen LogP contribution in [-0.2, 0) is 19.7 Å². The number of nitrogens with zero attached hydrogens (tertiary/aromatic N) is 2. The van der Waals surface area contributed by atoms with E-state index in [-0.39, 0.29) is 13.0 Å². The van der Waals surface area contributed by atoms with Gasteiger partial charge in [0.2, 0.25) is 0 Å². The van der Waals surface area contributed by atoms with Gasteiger partial charge in [0.1, 0.15) is 0 Å². The van der Waals surface area contributed by atoms with Crippen LogP contribution in [0.5, 0.6) is 0 Å². The van der Waals surface area contributed by atoms with Gasteiger partial charge in [-0.05, 0) is 12.3 Å². The lowest BCUT2D eigenvalue weighted by molar-refractivity contribution is -0.140. The molecule has 0 spiro atoms. The Bertz CT molecular complexity index is 383. The predicted molar refractivity (Wildman–Crippen MR) is 68.2 cm³/mol. The van der Waals surface area contributed by atoms with Gasteiger partial charge in [-0.15, -0.1) is 0 Å². The number of methoxy groups -OCH3 is 1. The first-order valence-electron chi connectivity index (χ1n) is 6.20. The molecule has 106 valence electrons. The lowest BCUT2D eigenvalue weighted by atomic mass is 10.1. The van der Waals surface area contributed by atoms with Crippen molar-refractivity contribution in [2.45, 2.75) is 26.2 Å². The van der Waals surface area contributed by atoms with E-state index in [2.05, 4.69) is 11.7 Å². The summed E-state index contributed by atoms with van der Waals surface area (Å²) in [6.45, 7) is 3.38. The normalized spacial score (nSPS) is 21.4. The van der Waals surface area contributed by atoms with Gasteiger partial charge in [-0.3, -0.25) is 4.79 Å². The molecule has 0 aliphatic carbocycles. The van der Waals surface area contributed by atoms with Crippen LogP contribution < -0.4 is 0 Å². The Morgan fingerprint density at radius 3 is 2.67 bits per heavy atom.